The second-order valence-electron chi connectivity index (χ2n) is 4.47. The number of aromatic nitrogens is 2. The Balaban J connectivity index is 1.84. The highest BCUT2D eigenvalue weighted by Crippen LogP contribution is 2.24. The summed E-state index contributed by atoms with van der Waals surface area (Å²) in [5.41, 5.74) is 2.21. The first kappa shape index (κ1) is 13.0. The number of fused-ring (bicyclic) bond motifs is 1. The summed E-state index contributed by atoms with van der Waals surface area (Å²) >= 11 is 0. The second kappa shape index (κ2) is 5.55. The number of nitriles is 1. The van der Waals surface area contributed by atoms with Gasteiger partial charge in [-0.2, -0.15) is 10.4 Å². The van der Waals surface area contributed by atoms with Crippen molar-refractivity contribution in [3.63, 3.8) is 0 Å². The first-order valence-electron chi connectivity index (χ1n) is 6.44. The summed E-state index contributed by atoms with van der Waals surface area (Å²) in [6.45, 7) is 0.416. The Morgan fingerprint density at radius 1 is 1.24 bits per heavy atom. The van der Waals surface area contributed by atoms with E-state index in [1.165, 1.54) is 6.20 Å². The van der Waals surface area contributed by atoms with Crippen LogP contribution in [0.2, 0.25) is 0 Å². The summed E-state index contributed by atoms with van der Waals surface area (Å²) in [5.74, 6) is 1.45. The average molecular weight is 279 g/mol. The van der Waals surface area contributed by atoms with Crippen LogP contribution in [0.4, 0.5) is 0 Å². The number of hydrogen-bond donors (Lipinski definition) is 0. The fourth-order valence-corrected chi connectivity index (χ4v) is 2.09. The highest BCUT2D eigenvalue weighted by molar-refractivity contribution is 5.68. The van der Waals surface area contributed by atoms with Crippen LogP contribution in [0.3, 0.4) is 0 Å². The molecule has 0 saturated heterocycles. The summed E-state index contributed by atoms with van der Waals surface area (Å²) in [7, 11) is 1.63. The minimum Gasteiger partial charge on any atom is -0.497 e. The van der Waals surface area contributed by atoms with Crippen molar-refractivity contribution in [3.8, 4) is 17.6 Å². The van der Waals surface area contributed by atoms with Gasteiger partial charge < -0.3 is 9.47 Å². The van der Waals surface area contributed by atoms with E-state index in [4.69, 9.17) is 14.7 Å². The van der Waals surface area contributed by atoms with Crippen LogP contribution >= 0.6 is 0 Å². The lowest BCUT2D eigenvalue weighted by atomic mass is 10.2. The molecule has 0 bridgehead atoms. The van der Waals surface area contributed by atoms with Gasteiger partial charge in [-0.05, 0) is 29.8 Å². The third kappa shape index (κ3) is 2.51. The predicted molar refractivity (Wildman–Crippen MR) is 77.2 cm³/mol. The Morgan fingerprint density at radius 2 is 2.05 bits per heavy atom. The minimum absolute atomic E-state index is 0.416. The molecule has 0 unspecified atom stereocenters. The second-order valence-corrected chi connectivity index (χ2v) is 4.47. The Labute approximate surface area is 122 Å². The van der Waals surface area contributed by atoms with Gasteiger partial charge in [0.15, 0.2) is 0 Å². The van der Waals surface area contributed by atoms with E-state index in [2.05, 4.69) is 11.2 Å². The summed E-state index contributed by atoms with van der Waals surface area (Å²) in [4.78, 5) is 0. The van der Waals surface area contributed by atoms with Crippen LogP contribution < -0.4 is 9.47 Å². The van der Waals surface area contributed by atoms with Gasteiger partial charge in [-0.15, -0.1) is 0 Å². The normalized spacial score (nSPS) is 10.3. The van der Waals surface area contributed by atoms with Crippen LogP contribution in [0.15, 0.2) is 48.8 Å². The molecule has 0 atom stereocenters. The van der Waals surface area contributed by atoms with Gasteiger partial charge in [0.05, 0.1) is 13.3 Å². The molecule has 3 rings (SSSR count). The summed E-state index contributed by atoms with van der Waals surface area (Å²) < 4.78 is 12.6. The van der Waals surface area contributed by atoms with Crippen LogP contribution in [-0.4, -0.2) is 16.7 Å². The number of rotatable bonds is 4. The first-order chi connectivity index (χ1) is 10.3. The van der Waals surface area contributed by atoms with Crippen LogP contribution in [0.1, 0.15) is 11.1 Å². The van der Waals surface area contributed by atoms with E-state index >= 15 is 0 Å². The lowest BCUT2D eigenvalue weighted by molar-refractivity contribution is 0.308. The van der Waals surface area contributed by atoms with Crippen molar-refractivity contribution in [2.45, 2.75) is 6.61 Å². The van der Waals surface area contributed by atoms with Crippen LogP contribution in [0.5, 0.6) is 11.5 Å². The first-order valence-corrected chi connectivity index (χ1v) is 6.44. The molecular formula is C16H13N3O2. The maximum absolute atomic E-state index is 9.12. The van der Waals surface area contributed by atoms with Crippen molar-refractivity contribution in [2.75, 3.05) is 7.11 Å². The topological polar surface area (TPSA) is 59.6 Å². The average Bonchev–Trinajstić information content (AvgIpc) is 2.97. The molecule has 1 aromatic carbocycles. The van der Waals surface area contributed by atoms with Crippen molar-refractivity contribution >= 4 is 5.52 Å². The highest BCUT2D eigenvalue weighted by Gasteiger charge is 2.09. The molecule has 0 aliphatic rings. The smallest absolute Gasteiger partial charge is 0.146 e. The maximum atomic E-state index is 9.12. The van der Waals surface area contributed by atoms with E-state index < -0.39 is 0 Å². The Morgan fingerprint density at radius 3 is 2.76 bits per heavy atom. The van der Waals surface area contributed by atoms with Gasteiger partial charge in [0.2, 0.25) is 0 Å². The van der Waals surface area contributed by atoms with Gasteiger partial charge in [-0.25, -0.2) is 4.52 Å². The Kier molecular flexibility index (Phi) is 3.44. The van der Waals surface area contributed by atoms with Crippen molar-refractivity contribution in [2.24, 2.45) is 0 Å². The molecule has 0 radical (unpaired) electrons. The lowest BCUT2D eigenvalue weighted by Gasteiger charge is -2.08. The van der Waals surface area contributed by atoms with Crippen molar-refractivity contribution in [1.82, 2.24) is 9.61 Å². The molecule has 5 heteroatoms. The van der Waals surface area contributed by atoms with Crippen LogP contribution in [-0.2, 0) is 6.61 Å². The van der Waals surface area contributed by atoms with Gasteiger partial charge in [0.25, 0.3) is 0 Å². The number of benzene rings is 1. The third-order valence-electron chi connectivity index (χ3n) is 3.18. The largest absolute Gasteiger partial charge is 0.497 e. The molecule has 2 heterocycles. The number of nitrogens with zero attached hydrogens (tertiary/aromatic N) is 3. The van der Waals surface area contributed by atoms with Gasteiger partial charge in [-0.1, -0.05) is 12.1 Å². The summed E-state index contributed by atoms with van der Waals surface area (Å²) in [6, 6.07) is 13.5. The highest BCUT2D eigenvalue weighted by atomic mass is 16.5. The number of methoxy groups -OCH3 is 1. The molecule has 3 aromatic rings. The zero-order chi connectivity index (χ0) is 14.7. The van der Waals surface area contributed by atoms with Gasteiger partial charge in [0, 0.05) is 6.20 Å². The molecule has 104 valence electrons. The van der Waals surface area contributed by atoms with Crippen molar-refractivity contribution in [1.29, 1.82) is 5.26 Å². The lowest BCUT2D eigenvalue weighted by Crippen LogP contribution is -1.98. The van der Waals surface area contributed by atoms with E-state index in [9.17, 15) is 0 Å². The Hall–Kier alpha value is -3.00. The molecule has 0 amide bonds. The predicted octanol–water partition coefficient (Wildman–Crippen LogP) is 2.79. The molecule has 0 fully saturated rings. The SMILES string of the molecule is COc1ccc(COc2cccn3ncc(C#N)c23)cc1. The third-order valence-corrected chi connectivity index (χ3v) is 3.18. The van der Waals surface area contributed by atoms with Gasteiger partial charge >= 0.3 is 0 Å². The van der Waals surface area contributed by atoms with Crippen molar-refractivity contribution < 1.29 is 9.47 Å². The summed E-state index contributed by atoms with van der Waals surface area (Å²) in [6.07, 6.45) is 3.33. The molecule has 0 aliphatic heterocycles. The van der Waals surface area contributed by atoms with E-state index in [1.807, 2.05) is 36.4 Å². The number of ether oxygens (including phenoxy) is 2. The molecule has 0 spiro atoms. The van der Waals surface area contributed by atoms with Gasteiger partial charge in [0.1, 0.15) is 35.3 Å². The molecule has 2 aromatic heterocycles. The molecular weight excluding hydrogens is 266 g/mol. The van der Waals surface area contributed by atoms with Gasteiger partial charge in [-0.3, -0.25) is 0 Å². The fraction of sp³-hybridized carbons (Fsp3) is 0.125. The molecule has 0 N–H and O–H groups in total. The van der Waals surface area contributed by atoms with Crippen LogP contribution in [0.25, 0.3) is 5.52 Å². The molecule has 5 nitrogen and oxygen atoms in total. The van der Waals surface area contributed by atoms with E-state index in [-0.39, 0.29) is 0 Å². The monoisotopic (exact) mass is 279 g/mol. The zero-order valence-electron chi connectivity index (χ0n) is 11.5. The number of pyridine rings is 1. The van der Waals surface area contributed by atoms with Crippen LogP contribution in [0, 0.1) is 11.3 Å². The zero-order valence-corrected chi connectivity index (χ0v) is 11.5. The van der Waals surface area contributed by atoms with E-state index in [1.54, 1.807) is 17.8 Å². The fourth-order valence-electron chi connectivity index (χ4n) is 2.09. The maximum Gasteiger partial charge on any atom is 0.146 e. The van der Waals surface area contributed by atoms with E-state index in [0.29, 0.717) is 23.4 Å². The molecule has 21 heavy (non-hydrogen) atoms. The Bertz CT molecular complexity index is 800. The molecule has 0 saturated carbocycles. The standard InChI is InChI=1S/C16H13N3O2/c1-20-14-6-4-12(5-7-14)11-21-15-3-2-8-19-16(15)13(9-17)10-18-19/h2-8,10H,11H2,1H3. The quantitative estimate of drug-likeness (QED) is 0.736. The number of hydrogen-bond acceptors (Lipinski definition) is 4. The summed E-state index contributed by atoms with van der Waals surface area (Å²) in [5, 5.41) is 13.2. The van der Waals surface area contributed by atoms with E-state index in [0.717, 1.165) is 11.3 Å². The minimum atomic E-state index is 0.416. The molecule has 0 aliphatic carbocycles. The van der Waals surface area contributed by atoms with Crippen molar-refractivity contribution in [3.05, 3.63) is 59.9 Å².